The highest BCUT2D eigenvalue weighted by Gasteiger charge is 2.26. The minimum atomic E-state index is -3.41. The van der Waals surface area contributed by atoms with Crippen LogP contribution in [-0.4, -0.2) is 61.7 Å². The number of hydrogen-bond donors (Lipinski definition) is 1. The number of benzene rings is 1. The molecule has 1 heterocycles. The fourth-order valence-electron chi connectivity index (χ4n) is 3.23. The average Bonchev–Trinajstić information content (AvgIpc) is 3.19. The molecule has 1 aromatic rings. The molecule has 1 N–H and O–H groups in total. The molecule has 2 rings (SSSR count). The monoisotopic (exact) mass is 409 g/mol. The minimum Gasteiger partial charge on any atom is -0.352 e. The van der Waals surface area contributed by atoms with Crippen LogP contribution in [0.25, 0.3) is 0 Å². The maximum atomic E-state index is 12.5. The third kappa shape index (κ3) is 6.04. The number of likely N-dealkylation sites (N-methyl/N-ethyl adjacent to an activating group) is 1. The van der Waals surface area contributed by atoms with Gasteiger partial charge in [0.25, 0.3) is 0 Å². The lowest BCUT2D eigenvalue weighted by Crippen LogP contribution is -2.42. The third-order valence-corrected chi connectivity index (χ3v) is 6.69. The molecule has 0 aromatic heterocycles. The van der Waals surface area contributed by atoms with Crippen LogP contribution in [0.1, 0.15) is 45.6 Å². The Balaban J connectivity index is 1.91. The molecule has 0 bridgehead atoms. The van der Waals surface area contributed by atoms with Crippen molar-refractivity contribution in [1.82, 2.24) is 14.5 Å². The van der Waals surface area contributed by atoms with Crippen molar-refractivity contribution in [1.29, 1.82) is 0 Å². The molecule has 7 nitrogen and oxygen atoms in total. The van der Waals surface area contributed by atoms with Crippen molar-refractivity contribution in [2.75, 3.05) is 26.2 Å². The summed E-state index contributed by atoms with van der Waals surface area (Å²) < 4.78 is 26.6. The summed E-state index contributed by atoms with van der Waals surface area (Å²) in [5.74, 6) is -0.253. The van der Waals surface area contributed by atoms with E-state index in [2.05, 4.69) is 5.32 Å². The number of sulfonamides is 1. The lowest BCUT2D eigenvalue weighted by molar-refractivity contribution is -0.136. The summed E-state index contributed by atoms with van der Waals surface area (Å²) >= 11 is 0. The number of nitrogens with one attached hydrogen (secondary N) is 1. The normalized spacial score (nSPS) is 15.0. The van der Waals surface area contributed by atoms with Gasteiger partial charge in [-0.15, -0.1) is 0 Å². The van der Waals surface area contributed by atoms with Crippen molar-refractivity contribution in [3.8, 4) is 0 Å². The quantitative estimate of drug-likeness (QED) is 0.673. The van der Waals surface area contributed by atoms with Gasteiger partial charge in [-0.1, -0.05) is 12.1 Å². The maximum Gasteiger partial charge on any atom is 0.243 e. The van der Waals surface area contributed by atoms with E-state index in [1.807, 2.05) is 20.8 Å². The Morgan fingerprint density at radius 3 is 2.29 bits per heavy atom. The average molecular weight is 410 g/mol. The van der Waals surface area contributed by atoms with Gasteiger partial charge in [0.15, 0.2) is 0 Å². The highest BCUT2D eigenvalue weighted by Crippen LogP contribution is 2.21. The Bertz CT molecular complexity index is 769. The van der Waals surface area contributed by atoms with E-state index in [0.29, 0.717) is 31.0 Å². The van der Waals surface area contributed by atoms with Crippen LogP contribution in [0.2, 0.25) is 0 Å². The zero-order chi connectivity index (χ0) is 20.7. The number of amides is 2. The van der Waals surface area contributed by atoms with E-state index >= 15 is 0 Å². The zero-order valence-corrected chi connectivity index (χ0v) is 17.8. The second-order valence-electron chi connectivity index (χ2n) is 7.39. The molecule has 1 aliphatic rings. The molecule has 0 aliphatic carbocycles. The first-order valence-electron chi connectivity index (χ1n) is 9.90. The van der Waals surface area contributed by atoms with E-state index < -0.39 is 10.0 Å². The van der Waals surface area contributed by atoms with E-state index in [9.17, 15) is 18.0 Å². The Morgan fingerprint density at radius 2 is 1.75 bits per heavy atom. The highest BCUT2D eigenvalue weighted by atomic mass is 32.2. The van der Waals surface area contributed by atoms with Crippen LogP contribution >= 0.6 is 0 Å². The van der Waals surface area contributed by atoms with Gasteiger partial charge in [0.2, 0.25) is 21.8 Å². The van der Waals surface area contributed by atoms with Crippen molar-refractivity contribution in [3.63, 3.8) is 0 Å². The Morgan fingerprint density at radius 1 is 1.14 bits per heavy atom. The van der Waals surface area contributed by atoms with E-state index in [4.69, 9.17) is 0 Å². The third-order valence-electron chi connectivity index (χ3n) is 4.77. The molecule has 2 amide bonds. The minimum absolute atomic E-state index is 0.0386. The summed E-state index contributed by atoms with van der Waals surface area (Å²) in [6.45, 7) is 7.29. The summed E-state index contributed by atoms with van der Waals surface area (Å²) in [5, 5.41) is 2.79. The van der Waals surface area contributed by atoms with Crippen molar-refractivity contribution >= 4 is 21.8 Å². The molecule has 1 fully saturated rings. The van der Waals surface area contributed by atoms with Crippen LogP contribution in [0.3, 0.4) is 0 Å². The Hall–Kier alpha value is -1.93. The molecule has 0 radical (unpaired) electrons. The molecule has 1 saturated heterocycles. The predicted molar refractivity (Wildman–Crippen MR) is 108 cm³/mol. The van der Waals surface area contributed by atoms with Gasteiger partial charge in [-0.3, -0.25) is 9.59 Å². The first-order valence-corrected chi connectivity index (χ1v) is 11.3. The summed E-state index contributed by atoms with van der Waals surface area (Å²) in [4.78, 5) is 26.1. The molecule has 156 valence electrons. The number of rotatable bonds is 9. The number of carbonyl (C=O) groups excluding carboxylic acids is 2. The SMILES string of the molecule is CCN(CC(=O)NC(C)C)C(=O)CCc1ccc(S(=O)(=O)N2CCCC2)cc1. The predicted octanol–water partition coefficient (Wildman–Crippen LogP) is 1.78. The first-order chi connectivity index (χ1) is 13.2. The van der Waals surface area contributed by atoms with E-state index in [0.717, 1.165) is 18.4 Å². The fraction of sp³-hybridized carbons (Fsp3) is 0.600. The lowest BCUT2D eigenvalue weighted by atomic mass is 10.1. The van der Waals surface area contributed by atoms with Crippen LogP contribution in [0, 0.1) is 0 Å². The van der Waals surface area contributed by atoms with Crippen molar-refractivity contribution < 1.29 is 18.0 Å². The van der Waals surface area contributed by atoms with Gasteiger partial charge in [0.1, 0.15) is 0 Å². The maximum absolute atomic E-state index is 12.5. The van der Waals surface area contributed by atoms with Crippen molar-refractivity contribution in [3.05, 3.63) is 29.8 Å². The van der Waals surface area contributed by atoms with Gasteiger partial charge in [-0.2, -0.15) is 4.31 Å². The van der Waals surface area contributed by atoms with Gasteiger partial charge in [-0.05, 0) is 57.7 Å². The molecule has 1 aliphatic heterocycles. The molecular formula is C20H31N3O4S. The van der Waals surface area contributed by atoms with Crippen molar-refractivity contribution in [2.45, 2.75) is 57.4 Å². The molecule has 0 unspecified atom stereocenters. The smallest absolute Gasteiger partial charge is 0.243 e. The topological polar surface area (TPSA) is 86.8 Å². The molecule has 28 heavy (non-hydrogen) atoms. The molecule has 1 aromatic carbocycles. The standard InChI is InChI=1S/C20H31N3O4S/c1-4-22(15-19(24)21-16(2)3)20(25)12-9-17-7-10-18(11-8-17)28(26,27)23-13-5-6-14-23/h7-8,10-11,16H,4-6,9,12-15H2,1-3H3,(H,21,24). The van der Waals surface area contributed by atoms with Crippen LogP contribution < -0.4 is 5.32 Å². The molecule has 0 atom stereocenters. The molecule has 0 saturated carbocycles. The first kappa shape index (κ1) is 22.4. The van der Waals surface area contributed by atoms with Crippen molar-refractivity contribution in [2.24, 2.45) is 0 Å². The van der Waals surface area contributed by atoms with E-state index in [1.165, 1.54) is 9.21 Å². The summed E-state index contributed by atoms with van der Waals surface area (Å²) in [6, 6.07) is 6.79. The largest absolute Gasteiger partial charge is 0.352 e. The van der Waals surface area contributed by atoms with Crippen LogP contribution in [0.4, 0.5) is 0 Å². The second kappa shape index (κ2) is 10.0. The Labute approximate surface area is 168 Å². The molecule has 0 spiro atoms. The van der Waals surface area contributed by atoms with Gasteiger partial charge in [-0.25, -0.2) is 8.42 Å². The lowest BCUT2D eigenvalue weighted by Gasteiger charge is -2.21. The van der Waals surface area contributed by atoms with Gasteiger partial charge >= 0.3 is 0 Å². The van der Waals surface area contributed by atoms with Crippen LogP contribution in [-0.2, 0) is 26.0 Å². The van der Waals surface area contributed by atoms with Crippen LogP contribution in [0.15, 0.2) is 29.2 Å². The van der Waals surface area contributed by atoms with Gasteiger partial charge < -0.3 is 10.2 Å². The summed E-state index contributed by atoms with van der Waals surface area (Å²) in [7, 11) is -3.41. The highest BCUT2D eigenvalue weighted by molar-refractivity contribution is 7.89. The number of hydrogen-bond acceptors (Lipinski definition) is 4. The number of nitrogens with zero attached hydrogens (tertiary/aromatic N) is 2. The second-order valence-corrected chi connectivity index (χ2v) is 9.32. The molecule has 8 heteroatoms. The Kier molecular flexibility index (Phi) is 8.00. The summed E-state index contributed by atoms with van der Waals surface area (Å²) in [6.07, 6.45) is 2.59. The fourth-order valence-corrected chi connectivity index (χ4v) is 4.75. The zero-order valence-electron chi connectivity index (χ0n) is 17.0. The summed E-state index contributed by atoms with van der Waals surface area (Å²) in [5.41, 5.74) is 0.899. The van der Waals surface area contributed by atoms with E-state index in [-0.39, 0.29) is 30.8 Å². The van der Waals surface area contributed by atoms with Gasteiger partial charge in [0.05, 0.1) is 11.4 Å². The van der Waals surface area contributed by atoms with E-state index in [1.54, 1.807) is 24.3 Å². The number of carbonyl (C=O) groups is 2. The molecular weight excluding hydrogens is 378 g/mol. The van der Waals surface area contributed by atoms with Crippen LogP contribution in [0.5, 0.6) is 0 Å². The number of aryl methyl sites for hydroxylation is 1. The van der Waals surface area contributed by atoms with Gasteiger partial charge in [0, 0.05) is 32.1 Å².